The van der Waals surface area contributed by atoms with Gasteiger partial charge < -0.3 is 25.8 Å². The van der Waals surface area contributed by atoms with Gasteiger partial charge in [0.2, 0.25) is 0 Å². The predicted octanol–water partition coefficient (Wildman–Crippen LogP) is -1.96. The molecule has 0 aliphatic carbocycles. The van der Waals surface area contributed by atoms with Gasteiger partial charge in [0, 0.05) is 6.20 Å². The summed E-state index contributed by atoms with van der Waals surface area (Å²) in [5, 5.41) is 28.4. The van der Waals surface area contributed by atoms with Crippen molar-refractivity contribution in [2.45, 2.75) is 24.5 Å². The molecule has 0 bridgehead atoms. The van der Waals surface area contributed by atoms with Crippen LogP contribution in [0.2, 0.25) is 0 Å². The number of aliphatic hydroxyl groups excluding tert-OH is 3. The van der Waals surface area contributed by atoms with Crippen LogP contribution in [0.5, 0.6) is 0 Å². The number of anilines is 1. The summed E-state index contributed by atoms with van der Waals surface area (Å²) in [6.45, 7) is -0.455. The summed E-state index contributed by atoms with van der Waals surface area (Å²) in [7, 11) is 0. The molecule has 2 heterocycles. The van der Waals surface area contributed by atoms with Gasteiger partial charge in [0.25, 0.3) is 0 Å². The molecule has 9 heteroatoms. The van der Waals surface area contributed by atoms with E-state index in [-0.39, 0.29) is 5.82 Å². The van der Waals surface area contributed by atoms with Gasteiger partial charge in [-0.3, -0.25) is 4.57 Å². The fraction of sp³-hybridized carbons (Fsp3) is 0.556. The summed E-state index contributed by atoms with van der Waals surface area (Å²) in [6, 6.07) is 0. The van der Waals surface area contributed by atoms with Gasteiger partial charge in [0.1, 0.15) is 24.1 Å². The maximum atomic E-state index is 11.7. The molecular weight excluding hydrogens is 357 g/mol. The number of hydrogen-bond acceptors (Lipinski definition) is 7. The second-order valence-corrected chi connectivity index (χ2v) is 5.05. The predicted molar refractivity (Wildman–Crippen MR) is 68.6 cm³/mol. The first-order chi connectivity index (χ1) is 8.45. The molecule has 0 aromatic carbocycles. The van der Waals surface area contributed by atoms with E-state index >= 15 is 0 Å². The normalized spacial score (nSPS) is 31.8. The second kappa shape index (κ2) is 5.09. The van der Waals surface area contributed by atoms with Crippen LogP contribution < -0.4 is 11.4 Å². The van der Waals surface area contributed by atoms with Crippen molar-refractivity contribution in [2.75, 3.05) is 12.3 Å². The first kappa shape index (κ1) is 13.7. The average molecular weight is 369 g/mol. The molecule has 8 nitrogen and oxygen atoms in total. The maximum absolute atomic E-state index is 11.7. The van der Waals surface area contributed by atoms with Crippen molar-refractivity contribution in [1.29, 1.82) is 0 Å². The quantitative estimate of drug-likeness (QED) is 0.446. The lowest BCUT2D eigenvalue weighted by Crippen LogP contribution is -2.36. The van der Waals surface area contributed by atoms with Crippen molar-refractivity contribution in [2.24, 2.45) is 0 Å². The summed E-state index contributed by atoms with van der Waals surface area (Å²) in [6.07, 6.45) is -3.23. The van der Waals surface area contributed by atoms with Crippen LogP contribution in [0.15, 0.2) is 11.0 Å². The van der Waals surface area contributed by atoms with Crippen LogP contribution in [-0.2, 0) is 4.74 Å². The van der Waals surface area contributed by atoms with E-state index in [1.807, 2.05) is 22.6 Å². The number of hydrogen-bond donors (Lipinski definition) is 4. The minimum absolute atomic E-state index is 0.0867. The van der Waals surface area contributed by atoms with Gasteiger partial charge in [-0.05, 0) is 22.6 Å². The van der Waals surface area contributed by atoms with Gasteiger partial charge in [-0.25, -0.2) is 4.79 Å². The first-order valence-electron chi connectivity index (χ1n) is 5.12. The Labute approximate surface area is 115 Å². The number of nitrogens with zero attached hydrogens (tertiary/aromatic N) is 2. The molecule has 0 amide bonds. The molecular formula is C9H12IN3O5. The van der Waals surface area contributed by atoms with Crippen LogP contribution in [0.4, 0.5) is 5.82 Å². The third kappa shape index (κ3) is 2.23. The number of aromatic nitrogens is 2. The van der Waals surface area contributed by atoms with E-state index in [0.717, 1.165) is 4.57 Å². The highest BCUT2D eigenvalue weighted by atomic mass is 127. The number of ether oxygens (including phenoxy) is 1. The topological polar surface area (TPSA) is 131 Å². The molecule has 0 unspecified atom stereocenters. The third-order valence-electron chi connectivity index (χ3n) is 2.73. The first-order valence-corrected chi connectivity index (χ1v) is 6.20. The third-order valence-corrected chi connectivity index (χ3v) is 3.56. The minimum atomic E-state index is -1.32. The summed E-state index contributed by atoms with van der Waals surface area (Å²) in [5.74, 6) is 0.0867. The zero-order valence-corrected chi connectivity index (χ0v) is 11.3. The molecule has 100 valence electrons. The monoisotopic (exact) mass is 369 g/mol. The summed E-state index contributed by atoms with van der Waals surface area (Å²) < 4.78 is 6.79. The number of rotatable bonds is 2. The van der Waals surface area contributed by atoms with Crippen LogP contribution in [0.1, 0.15) is 6.23 Å². The summed E-state index contributed by atoms with van der Waals surface area (Å²) >= 11 is 1.88. The van der Waals surface area contributed by atoms with E-state index in [2.05, 4.69) is 4.98 Å². The average Bonchev–Trinajstić information content (AvgIpc) is 2.61. The van der Waals surface area contributed by atoms with Gasteiger partial charge in [-0.2, -0.15) is 4.98 Å². The lowest BCUT2D eigenvalue weighted by molar-refractivity contribution is -0.0550. The van der Waals surface area contributed by atoms with E-state index in [1.54, 1.807) is 0 Å². The fourth-order valence-electron chi connectivity index (χ4n) is 1.75. The molecule has 1 fully saturated rings. The molecule has 1 aliphatic rings. The van der Waals surface area contributed by atoms with Crippen LogP contribution >= 0.6 is 22.6 Å². The van der Waals surface area contributed by atoms with E-state index in [0.29, 0.717) is 3.57 Å². The van der Waals surface area contributed by atoms with Gasteiger partial charge in [0.05, 0.1) is 10.2 Å². The number of halogens is 1. The van der Waals surface area contributed by atoms with Crippen LogP contribution in [0.3, 0.4) is 0 Å². The van der Waals surface area contributed by atoms with Crippen molar-refractivity contribution in [1.82, 2.24) is 9.55 Å². The van der Waals surface area contributed by atoms with Crippen molar-refractivity contribution < 1.29 is 20.1 Å². The minimum Gasteiger partial charge on any atom is -0.394 e. The molecule has 18 heavy (non-hydrogen) atoms. The number of aliphatic hydroxyl groups is 3. The maximum Gasteiger partial charge on any atom is 0.351 e. The molecule has 1 aromatic rings. The van der Waals surface area contributed by atoms with Crippen LogP contribution in [-0.4, -0.2) is 49.8 Å². The Morgan fingerprint density at radius 2 is 2.17 bits per heavy atom. The van der Waals surface area contributed by atoms with Crippen molar-refractivity contribution >= 4 is 28.4 Å². The van der Waals surface area contributed by atoms with Crippen molar-refractivity contribution in [3.63, 3.8) is 0 Å². The SMILES string of the molecule is Nc1nc(=O)n([C@@H]2O[C@H](CO)[C@H](O)[C@@H]2O)cc1I. The standard InChI is InChI=1S/C9H12IN3O5/c10-3-1-13(9(17)12-7(3)11)8-6(16)5(15)4(2-14)18-8/h1,4-6,8,14-16H,2H2,(H2,11,12,17)/t4-,5+,6+,8-/m1/s1. The Bertz CT molecular complexity index is 507. The number of nitrogen functional groups attached to an aromatic ring is 1. The molecule has 0 spiro atoms. The Balaban J connectivity index is 2.39. The van der Waals surface area contributed by atoms with Crippen LogP contribution in [0.25, 0.3) is 0 Å². The highest BCUT2D eigenvalue weighted by molar-refractivity contribution is 14.1. The van der Waals surface area contributed by atoms with Gasteiger partial charge in [0.15, 0.2) is 6.23 Å². The Morgan fingerprint density at radius 1 is 1.50 bits per heavy atom. The molecule has 1 saturated heterocycles. The van der Waals surface area contributed by atoms with Gasteiger partial charge in [-0.15, -0.1) is 0 Å². The molecule has 4 atom stereocenters. The van der Waals surface area contributed by atoms with Gasteiger partial charge >= 0.3 is 5.69 Å². The summed E-state index contributed by atoms with van der Waals surface area (Å²) in [4.78, 5) is 15.2. The van der Waals surface area contributed by atoms with Gasteiger partial charge in [-0.1, -0.05) is 0 Å². The fourth-order valence-corrected chi connectivity index (χ4v) is 2.17. The Hall–Kier alpha value is -0.750. The molecule has 1 aromatic heterocycles. The summed E-state index contributed by atoms with van der Waals surface area (Å²) in [5.41, 5.74) is 4.79. The molecule has 2 rings (SSSR count). The number of nitrogens with two attached hydrogens (primary N) is 1. The molecule has 0 saturated carbocycles. The largest absolute Gasteiger partial charge is 0.394 e. The lowest BCUT2D eigenvalue weighted by atomic mass is 10.1. The smallest absolute Gasteiger partial charge is 0.351 e. The Kier molecular flexibility index (Phi) is 3.87. The zero-order valence-electron chi connectivity index (χ0n) is 9.10. The molecule has 1 aliphatic heterocycles. The van der Waals surface area contributed by atoms with E-state index in [1.165, 1.54) is 6.20 Å². The molecule has 5 N–H and O–H groups in total. The van der Waals surface area contributed by atoms with E-state index in [9.17, 15) is 15.0 Å². The van der Waals surface area contributed by atoms with Crippen molar-refractivity contribution in [3.8, 4) is 0 Å². The zero-order chi connectivity index (χ0) is 13.4. The highest BCUT2D eigenvalue weighted by Crippen LogP contribution is 2.28. The second-order valence-electron chi connectivity index (χ2n) is 3.89. The highest BCUT2D eigenvalue weighted by Gasteiger charge is 2.43. The van der Waals surface area contributed by atoms with E-state index in [4.69, 9.17) is 15.6 Å². The van der Waals surface area contributed by atoms with Crippen LogP contribution in [0, 0.1) is 3.57 Å². The molecule has 0 radical (unpaired) electrons. The van der Waals surface area contributed by atoms with Crippen molar-refractivity contribution in [3.05, 3.63) is 20.3 Å². The lowest BCUT2D eigenvalue weighted by Gasteiger charge is -2.17. The van der Waals surface area contributed by atoms with E-state index < -0.39 is 36.8 Å². The Morgan fingerprint density at radius 3 is 2.72 bits per heavy atom.